The second-order valence-corrected chi connectivity index (χ2v) is 11.7. The van der Waals surface area contributed by atoms with E-state index in [9.17, 15) is 28.1 Å². The van der Waals surface area contributed by atoms with Crippen molar-refractivity contribution >= 4 is 44.8 Å². The molecule has 0 bridgehead atoms. The van der Waals surface area contributed by atoms with E-state index >= 15 is 0 Å². The van der Waals surface area contributed by atoms with Gasteiger partial charge in [-0.2, -0.15) is 0 Å². The van der Waals surface area contributed by atoms with Crippen LogP contribution >= 0.6 is 11.6 Å². The minimum absolute atomic E-state index is 0.0189. The minimum Gasteiger partial charge on any atom is -0.495 e. The first kappa shape index (κ1) is 30.2. The summed E-state index contributed by atoms with van der Waals surface area (Å²) in [5, 5.41) is 14.8. The number of carbonyl (C=O) groups is 2. The third-order valence-electron chi connectivity index (χ3n) is 6.71. The lowest BCUT2D eigenvalue weighted by molar-refractivity contribution is -0.384. The van der Waals surface area contributed by atoms with Crippen LogP contribution in [-0.2, 0) is 26.2 Å². The van der Waals surface area contributed by atoms with E-state index in [1.54, 1.807) is 31.2 Å². The van der Waals surface area contributed by atoms with E-state index in [2.05, 4.69) is 5.32 Å². The quantitative estimate of drug-likeness (QED) is 0.297. The summed E-state index contributed by atoms with van der Waals surface area (Å²) in [5.41, 5.74) is 0.0457. The Balaban J connectivity index is 2.02. The molecule has 13 heteroatoms. The summed E-state index contributed by atoms with van der Waals surface area (Å²) in [6.07, 6.45) is 4.90. The van der Waals surface area contributed by atoms with Crippen molar-refractivity contribution in [3.8, 4) is 5.75 Å². The molecule has 212 valence electrons. The first-order valence-corrected chi connectivity index (χ1v) is 14.8. The Morgan fingerprint density at radius 2 is 1.87 bits per heavy atom. The van der Waals surface area contributed by atoms with Crippen molar-refractivity contribution in [3.05, 3.63) is 63.2 Å². The third kappa shape index (κ3) is 7.60. The van der Waals surface area contributed by atoms with Crippen LogP contribution in [-0.4, -0.2) is 62.0 Å². The van der Waals surface area contributed by atoms with Gasteiger partial charge in [-0.25, -0.2) is 8.42 Å². The number of methoxy groups -OCH3 is 1. The van der Waals surface area contributed by atoms with Gasteiger partial charge in [0, 0.05) is 29.7 Å². The van der Waals surface area contributed by atoms with Gasteiger partial charge in [-0.05, 0) is 37.0 Å². The van der Waals surface area contributed by atoms with E-state index in [1.165, 1.54) is 24.1 Å². The highest BCUT2D eigenvalue weighted by atomic mass is 35.5. The SMILES string of the molecule is CCC(C(=O)NC1CCCC1)N(Cc1ccccc1Cl)C(=O)CN(c1cc([N+](=O)[O-])ccc1OC)S(C)(=O)=O. The predicted molar refractivity (Wildman–Crippen MR) is 148 cm³/mol. The van der Waals surface area contributed by atoms with Gasteiger partial charge in [0.05, 0.1) is 18.3 Å². The average Bonchev–Trinajstić information content (AvgIpc) is 3.40. The fraction of sp³-hybridized carbons (Fsp3) is 0.462. The van der Waals surface area contributed by atoms with Crippen molar-refractivity contribution in [2.75, 3.05) is 24.2 Å². The second kappa shape index (κ2) is 13.1. The van der Waals surface area contributed by atoms with E-state index in [0.717, 1.165) is 42.3 Å². The Morgan fingerprint density at radius 3 is 2.44 bits per heavy atom. The molecule has 0 heterocycles. The monoisotopic (exact) mass is 580 g/mol. The average molecular weight is 581 g/mol. The van der Waals surface area contributed by atoms with Crippen LogP contribution in [0.5, 0.6) is 5.75 Å². The highest BCUT2D eigenvalue weighted by Crippen LogP contribution is 2.34. The van der Waals surface area contributed by atoms with Crippen LogP contribution in [0.25, 0.3) is 0 Å². The number of nitro benzene ring substituents is 1. The number of carbonyl (C=O) groups excluding carboxylic acids is 2. The molecular formula is C26H33ClN4O7S. The molecule has 3 rings (SSSR count). The number of nitrogens with one attached hydrogen (secondary N) is 1. The number of ether oxygens (including phenoxy) is 1. The number of hydrogen-bond donors (Lipinski definition) is 1. The van der Waals surface area contributed by atoms with Gasteiger partial charge < -0.3 is 15.0 Å². The molecular weight excluding hydrogens is 548 g/mol. The van der Waals surface area contributed by atoms with Crippen LogP contribution in [0.2, 0.25) is 5.02 Å². The van der Waals surface area contributed by atoms with E-state index in [-0.39, 0.29) is 42.0 Å². The number of halogens is 1. The number of hydrogen-bond acceptors (Lipinski definition) is 7. The van der Waals surface area contributed by atoms with Crippen molar-refractivity contribution in [2.45, 2.75) is 57.7 Å². The normalized spacial score (nSPS) is 14.5. The van der Waals surface area contributed by atoms with Gasteiger partial charge in [-0.15, -0.1) is 0 Å². The summed E-state index contributed by atoms with van der Waals surface area (Å²) in [6, 6.07) is 9.47. The number of sulfonamides is 1. The standard InChI is InChI=1S/C26H33ClN4O7S/c1-4-22(26(33)28-19-10-6-7-11-19)29(16-18-9-5-8-12-21(18)27)25(32)17-30(39(3,36)37)23-15-20(31(34)35)13-14-24(23)38-2/h5,8-9,12-15,19,22H,4,6-7,10-11,16-17H2,1-3H3,(H,28,33). The third-order valence-corrected chi connectivity index (χ3v) is 8.20. The molecule has 39 heavy (non-hydrogen) atoms. The molecule has 0 aromatic heterocycles. The van der Waals surface area contributed by atoms with Crippen LogP contribution in [0.15, 0.2) is 42.5 Å². The molecule has 1 unspecified atom stereocenters. The smallest absolute Gasteiger partial charge is 0.271 e. The summed E-state index contributed by atoms with van der Waals surface area (Å²) >= 11 is 6.37. The highest BCUT2D eigenvalue weighted by molar-refractivity contribution is 7.92. The lowest BCUT2D eigenvalue weighted by Crippen LogP contribution is -2.53. The zero-order valence-electron chi connectivity index (χ0n) is 22.1. The second-order valence-electron chi connectivity index (χ2n) is 9.41. The van der Waals surface area contributed by atoms with Crippen LogP contribution in [0.3, 0.4) is 0 Å². The minimum atomic E-state index is -4.12. The first-order valence-electron chi connectivity index (χ1n) is 12.6. The fourth-order valence-corrected chi connectivity index (χ4v) is 5.72. The molecule has 1 aliphatic carbocycles. The molecule has 0 aliphatic heterocycles. The molecule has 11 nitrogen and oxygen atoms in total. The molecule has 1 saturated carbocycles. The van der Waals surface area contributed by atoms with Crippen molar-refractivity contribution < 1.29 is 27.7 Å². The maximum absolute atomic E-state index is 13.9. The Morgan fingerprint density at radius 1 is 1.21 bits per heavy atom. The lowest BCUT2D eigenvalue weighted by atomic mass is 10.1. The number of anilines is 1. The van der Waals surface area contributed by atoms with E-state index in [0.29, 0.717) is 10.6 Å². The maximum Gasteiger partial charge on any atom is 0.271 e. The van der Waals surface area contributed by atoms with Gasteiger partial charge in [0.25, 0.3) is 5.69 Å². The van der Waals surface area contributed by atoms with Gasteiger partial charge in [0.2, 0.25) is 21.8 Å². The summed E-state index contributed by atoms with van der Waals surface area (Å²) in [7, 11) is -2.83. The summed E-state index contributed by atoms with van der Waals surface area (Å²) in [5.74, 6) is -0.978. The number of nitro groups is 1. The molecule has 1 N–H and O–H groups in total. The van der Waals surface area contributed by atoms with Gasteiger partial charge in [-0.3, -0.25) is 24.0 Å². The number of nitrogens with zero attached hydrogens (tertiary/aromatic N) is 3. The van der Waals surface area contributed by atoms with Crippen molar-refractivity contribution in [2.24, 2.45) is 0 Å². The van der Waals surface area contributed by atoms with E-state index in [1.807, 2.05) is 0 Å². The Labute approximate surface area is 233 Å². The van der Waals surface area contributed by atoms with E-state index < -0.39 is 33.4 Å². The van der Waals surface area contributed by atoms with Gasteiger partial charge in [0.1, 0.15) is 24.0 Å². The topological polar surface area (TPSA) is 139 Å². The Hall–Kier alpha value is -3.38. The number of rotatable bonds is 12. The molecule has 1 atom stereocenters. The van der Waals surface area contributed by atoms with Crippen LogP contribution in [0.1, 0.15) is 44.6 Å². The van der Waals surface area contributed by atoms with Gasteiger partial charge in [0.15, 0.2) is 0 Å². The van der Waals surface area contributed by atoms with Gasteiger partial charge in [-0.1, -0.05) is 49.6 Å². The molecule has 2 amide bonds. The molecule has 0 spiro atoms. The Bertz CT molecular complexity index is 1320. The van der Waals surface area contributed by atoms with E-state index in [4.69, 9.17) is 16.3 Å². The van der Waals surface area contributed by atoms with Gasteiger partial charge >= 0.3 is 0 Å². The van der Waals surface area contributed by atoms with Crippen molar-refractivity contribution in [1.82, 2.24) is 10.2 Å². The molecule has 2 aromatic carbocycles. The molecule has 0 radical (unpaired) electrons. The number of non-ortho nitro benzene ring substituents is 1. The number of amides is 2. The Kier molecular flexibility index (Phi) is 10.1. The molecule has 0 saturated heterocycles. The van der Waals surface area contributed by atoms with Crippen LogP contribution < -0.4 is 14.4 Å². The summed E-state index contributed by atoms with van der Waals surface area (Å²) < 4.78 is 31.8. The molecule has 2 aromatic rings. The zero-order chi connectivity index (χ0) is 28.7. The largest absolute Gasteiger partial charge is 0.495 e. The lowest BCUT2D eigenvalue weighted by Gasteiger charge is -2.33. The molecule has 1 fully saturated rings. The van der Waals surface area contributed by atoms with Crippen molar-refractivity contribution in [3.63, 3.8) is 0 Å². The first-order chi connectivity index (χ1) is 18.5. The maximum atomic E-state index is 13.9. The highest BCUT2D eigenvalue weighted by Gasteiger charge is 2.34. The number of benzene rings is 2. The fourth-order valence-electron chi connectivity index (χ4n) is 4.68. The predicted octanol–water partition coefficient (Wildman–Crippen LogP) is 3.89. The molecule has 1 aliphatic rings. The summed E-state index contributed by atoms with van der Waals surface area (Å²) in [4.78, 5) is 39.3. The van der Waals surface area contributed by atoms with Crippen LogP contribution in [0, 0.1) is 10.1 Å². The van der Waals surface area contributed by atoms with Crippen LogP contribution in [0.4, 0.5) is 11.4 Å². The zero-order valence-corrected chi connectivity index (χ0v) is 23.7. The van der Waals surface area contributed by atoms with Crippen molar-refractivity contribution in [1.29, 1.82) is 0 Å². The summed E-state index contributed by atoms with van der Waals surface area (Å²) in [6.45, 7) is 1.01.